The largest absolute Gasteiger partial charge is 0.383 e. The standard InChI is InChI=1S/C12H27N3O/c1-5-11-9-15(7-6-14(11)3)12(8-13-2)10-16-4/h11-13H,5-10H2,1-4H3. The van der Waals surface area contributed by atoms with Crippen molar-refractivity contribution in [1.82, 2.24) is 15.1 Å². The predicted octanol–water partition coefficient (Wildman–Crippen LogP) is 0.247. The van der Waals surface area contributed by atoms with Crippen molar-refractivity contribution in [1.29, 1.82) is 0 Å². The molecule has 0 bridgehead atoms. The van der Waals surface area contributed by atoms with E-state index in [0.29, 0.717) is 12.1 Å². The molecule has 2 atom stereocenters. The van der Waals surface area contributed by atoms with Crippen LogP contribution < -0.4 is 5.32 Å². The first-order valence-electron chi connectivity index (χ1n) is 6.30. The van der Waals surface area contributed by atoms with Gasteiger partial charge in [-0.25, -0.2) is 0 Å². The lowest BCUT2D eigenvalue weighted by atomic mass is 10.1. The lowest BCUT2D eigenvalue weighted by molar-refractivity contribution is 0.0293. The quantitative estimate of drug-likeness (QED) is 0.706. The van der Waals surface area contributed by atoms with Crippen molar-refractivity contribution in [2.24, 2.45) is 0 Å². The van der Waals surface area contributed by atoms with E-state index in [1.807, 2.05) is 7.05 Å². The highest BCUT2D eigenvalue weighted by atomic mass is 16.5. The third-order valence-corrected chi connectivity index (χ3v) is 3.59. The molecule has 2 unspecified atom stereocenters. The van der Waals surface area contributed by atoms with Gasteiger partial charge in [-0.05, 0) is 20.5 Å². The van der Waals surface area contributed by atoms with Crippen LogP contribution in [0.25, 0.3) is 0 Å². The molecular formula is C12H27N3O. The molecule has 0 aliphatic carbocycles. The summed E-state index contributed by atoms with van der Waals surface area (Å²) in [6, 6.07) is 1.21. The second-order valence-electron chi connectivity index (χ2n) is 4.70. The highest BCUT2D eigenvalue weighted by Gasteiger charge is 2.27. The minimum absolute atomic E-state index is 0.512. The molecule has 1 aliphatic rings. The maximum absolute atomic E-state index is 5.31. The van der Waals surface area contributed by atoms with Gasteiger partial charge in [-0.15, -0.1) is 0 Å². The summed E-state index contributed by atoms with van der Waals surface area (Å²) in [6.45, 7) is 7.59. The molecule has 0 aromatic heterocycles. The number of methoxy groups -OCH3 is 1. The molecule has 1 heterocycles. The molecule has 96 valence electrons. The Morgan fingerprint density at radius 3 is 2.75 bits per heavy atom. The third kappa shape index (κ3) is 3.70. The maximum Gasteiger partial charge on any atom is 0.0630 e. The highest BCUT2D eigenvalue weighted by molar-refractivity contribution is 4.84. The van der Waals surface area contributed by atoms with Gasteiger partial charge in [0.1, 0.15) is 0 Å². The van der Waals surface area contributed by atoms with Crippen molar-refractivity contribution in [3.05, 3.63) is 0 Å². The number of piperazine rings is 1. The Labute approximate surface area is 99.9 Å². The molecule has 1 fully saturated rings. The Balaban J connectivity index is 2.50. The van der Waals surface area contributed by atoms with Crippen molar-refractivity contribution >= 4 is 0 Å². The fourth-order valence-corrected chi connectivity index (χ4v) is 2.46. The first-order chi connectivity index (χ1) is 7.72. The van der Waals surface area contributed by atoms with Gasteiger partial charge in [-0.2, -0.15) is 0 Å². The van der Waals surface area contributed by atoms with E-state index < -0.39 is 0 Å². The van der Waals surface area contributed by atoms with Crippen LogP contribution in [0.3, 0.4) is 0 Å². The summed E-state index contributed by atoms with van der Waals surface area (Å²) in [5, 5.41) is 3.26. The fourth-order valence-electron chi connectivity index (χ4n) is 2.46. The summed E-state index contributed by atoms with van der Waals surface area (Å²) in [7, 11) is 6.03. The van der Waals surface area contributed by atoms with E-state index in [0.717, 1.165) is 19.7 Å². The lowest BCUT2D eigenvalue weighted by Crippen LogP contribution is -2.57. The Kier molecular flexibility index (Phi) is 6.28. The van der Waals surface area contributed by atoms with Crippen LogP contribution in [0.1, 0.15) is 13.3 Å². The Hall–Kier alpha value is -0.160. The smallest absolute Gasteiger partial charge is 0.0630 e. The van der Waals surface area contributed by atoms with E-state index in [-0.39, 0.29) is 0 Å². The number of rotatable bonds is 6. The second-order valence-corrected chi connectivity index (χ2v) is 4.70. The van der Waals surface area contributed by atoms with Crippen molar-refractivity contribution in [3.63, 3.8) is 0 Å². The highest BCUT2D eigenvalue weighted by Crippen LogP contribution is 2.13. The Bertz CT molecular complexity index is 183. The number of ether oxygens (including phenoxy) is 1. The van der Waals surface area contributed by atoms with Crippen molar-refractivity contribution in [2.45, 2.75) is 25.4 Å². The summed E-state index contributed by atoms with van der Waals surface area (Å²) in [4.78, 5) is 5.04. The van der Waals surface area contributed by atoms with E-state index in [1.165, 1.54) is 19.5 Å². The van der Waals surface area contributed by atoms with Crippen LogP contribution in [0.15, 0.2) is 0 Å². The van der Waals surface area contributed by atoms with E-state index in [1.54, 1.807) is 7.11 Å². The molecule has 0 aromatic rings. The zero-order chi connectivity index (χ0) is 12.0. The number of hydrogen-bond acceptors (Lipinski definition) is 4. The molecule has 0 amide bonds. The average Bonchev–Trinajstić information content (AvgIpc) is 2.29. The van der Waals surface area contributed by atoms with Crippen molar-refractivity contribution < 1.29 is 4.74 Å². The van der Waals surface area contributed by atoms with Gasteiger partial charge >= 0.3 is 0 Å². The summed E-state index contributed by atoms with van der Waals surface area (Å²) >= 11 is 0. The van der Waals surface area contributed by atoms with Crippen molar-refractivity contribution in [2.75, 3.05) is 54.0 Å². The first kappa shape index (κ1) is 13.9. The van der Waals surface area contributed by atoms with Crippen LogP contribution in [-0.4, -0.2) is 75.9 Å². The van der Waals surface area contributed by atoms with E-state index >= 15 is 0 Å². The van der Waals surface area contributed by atoms with Gasteiger partial charge in [0.25, 0.3) is 0 Å². The average molecular weight is 229 g/mol. The van der Waals surface area contributed by atoms with Crippen LogP contribution in [0.2, 0.25) is 0 Å². The first-order valence-corrected chi connectivity index (χ1v) is 6.30. The summed E-state index contributed by atoms with van der Waals surface area (Å²) in [6.07, 6.45) is 1.23. The fraction of sp³-hybridized carbons (Fsp3) is 1.00. The van der Waals surface area contributed by atoms with Gasteiger partial charge in [-0.1, -0.05) is 6.92 Å². The van der Waals surface area contributed by atoms with Gasteiger partial charge in [0.2, 0.25) is 0 Å². The minimum Gasteiger partial charge on any atom is -0.383 e. The van der Waals surface area contributed by atoms with E-state index in [9.17, 15) is 0 Å². The third-order valence-electron chi connectivity index (χ3n) is 3.59. The molecule has 4 heteroatoms. The molecule has 1 saturated heterocycles. The summed E-state index contributed by atoms with van der Waals surface area (Å²) in [5.74, 6) is 0. The predicted molar refractivity (Wildman–Crippen MR) is 67.9 cm³/mol. The summed E-state index contributed by atoms with van der Waals surface area (Å²) < 4.78 is 5.31. The van der Waals surface area contributed by atoms with Crippen molar-refractivity contribution in [3.8, 4) is 0 Å². The van der Waals surface area contributed by atoms with Gasteiger partial charge in [-0.3, -0.25) is 4.90 Å². The number of nitrogens with one attached hydrogen (secondary N) is 1. The maximum atomic E-state index is 5.31. The molecule has 1 rings (SSSR count). The molecule has 0 saturated carbocycles. The van der Waals surface area contributed by atoms with Gasteiger partial charge < -0.3 is 15.0 Å². The molecule has 16 heavy (non-hydrogen) atoms. The number of nitrogens with zero attached hydrogens (tertiary/aromatic N) is 2. The SMILES string of the molecule is CCC1CN(C(CNC)COC)CCN1C. The van der Waals surface area contributed by atoms with Crippen LogP contribution in [0.4, 0.5) is 0 Å². The lowest BCUT2D eigenvalue weighted by Gasteiger charge is -2.42. The monoisotopic (exact) mass is 229 g/mol. The van der Waals surface area contributed by atoms with Crippen LogP contribution in [0, 0.1) is 0 Å². The molecule has 0 radical (unpaired) electrons. The topological polar surface area (TPSA) is 27.7 Å². The van der Waals surface area contributed by atoms with Gasteiger partial charge in [0, 0.05) is 45.4 Å². The summed E-state index contributed by atoms with van der Waals surface area (Å²) in [5.41, 5.74) is 0. The van der Waals surface area contributed by atoms with E-state index in [2.05, 4.69) is 29.1 Å². The molecular weight excluding hydrogens is 202 g/mol. The Morgan fingerprint density at radius 2 is 2.19 bits per heavy atom. The van der Waals surface area contributed by atoms with Gasteiger partial charge in [0.05, 0.1) is 6.61 Å². The van der Waals surface area contributed by atoms with Crippen LogP contribution in [0.5, 0.6) is 0 Å². The number of likely N-dealkylation sites (N-methyl/N-ethyl adjacent to an activating group) is 2. The molecule has 1 N–H and O–H groups in total. The molecule has 1 aliphatic heterocycles. The zero-order valence-electron chi connectivity index (χ0n) is 11.2. The van der Waals surface area contributed by atoms with E-state index in [4.69, 9.17) is 4.74 Å². The zero-order valence-corrected chi connectivity index (χ0v) is 11.2. The van der Waals surface area contributed by atoms with Gasteiger partial charge in [0.15, 0.2) is 0 Å². The normalized spacial score (nSPS) is 25.9. The van der Waals surface area contributed by atoms with Crippen LogP contribution >= 0.6 is 0 Å². The minimum atomic E-state index is 0.512. The number of hydrogen-bond donors (Lipinski definition) is 1. The Morgan fingerprint density at radius 1 is 1.44 bits per heavy atom. The molecule has 0 aromatic carbocycles. The van der Waals surface area contributed by atoms with Crippen LogP contribution in [-0.2, 0) is 4.74 Å². The molecule has 0 spiro atoms. The molecule has 4 nitrogen and oxygen atoms in total. The second kappa shape index (κ2) is 7.22.